The summed E-state index contributed by atoms with van der Waals surface area (Å²) in [6, 6.07) is 1.55. The number of ether oxygens (including phenoxy) is 1. The molecule has 19 heavy (non-hydrogen) atoms. The van der Waals surface area contributed by atoms with Gasteiger partial charge in [0.15, 0.2) is 0 Å². The highest BCUT2D eigenvalue weighted by molar-refractivity contribution is 5.46. The number of nitrogens with zero attached hydrogens (tertiary/aromatic N) is 2. The van der Waals surface area contributed by atoms with E-state index in [9.17, 15) is 4.39 Å². The molecule has 108 valence electrons. The molecular formula is C14H24FN3O. The average Bonchev–Trinajstić information content (AvgIpc) is 2.39. The summed E-state index contributed by atoms with van der Waals surface area (Å²) < 4.78 is 18.3. The summed E-state index contributed by atoms with van der Waals surface area (Å²) in [5.41, 5.74) is 0.897. The first-order chi connectivity index (χ1) is 9.19. The number of halogens is 1. The summed E-state index contributed by atoms with van der Waals surface area (Å²) >= 11 is 0. The molecule has 5 heteroatoms. The van der Waals surface area contributed by atoms with Crippen molar-refractivity contribution in [2.45, 2.75) is 26.3 Å². The molecule has 0 aliphatic carbocycles. The maximum Gasteiger partial charge on any atom is 0.141 e. The van der Waals surface area contributed by atoms with Crippen LogP contribution in [-0.2, 0) is 11.3 Å². The number of hydrogen-bond donors (Lipinski definition) is 1. The smallest absolute Gasteiger partial charge is 0.141 e. The van der Waals surface area contributed by atoms with Gasteiger partial charge in [-0.3, -0.25) is 0 Å². The highest BCUT2D eigenvalue weighted by atomic mass is 19.1. The van der Waals surface area contributed by atoms with Crippen molar-refractivity contribution in [2.24, 2.45) is 0 Å². The van der Waals surface area contributed by atoms with Crippen LogP contribution in [-0.4, -0.2) is 38.8 Å². The van der Waals surface area contributed by atoms with E-state index in [-0.39, 0.29) is 5.82 Å². The van der Waals surface area contributed by atoms with Gasteiger partial charge in [0.05, 0.1) is 6.20 Å². The molecule has 1 N–H and O–H groups in total. The Morgan fingerprint density at radius 1 is 1.47 bits per heavy atom. The predicted molar refractivity (Wildman–Crippen MR) is 76.0 cm³/mol. The van der Waals surface area contributed by atoms with Gasteiger partial charge in [-0.15, -0.1) is 0 Å². The lowest BCUT2D eigenvalue weighted by molar-refractivity contribution is 0.196. The third-order valence-electron chi connectivity index (χ3n) is 2.86. The molecule has 0 saturated carbocycles. The summed E-state index contributed by atoms with van der Waals surface area (Å²) in [7, 11) is 3.66. The summed E-state index contributed by atoms with van der Waals surface area (Å²) in [4.78, 5) is 6.25. The normalized spacial score (nSPS) is 10.7. The molecule has 0 aliphatic rings. The van der Waals surface area contributed by atoms with Crippen LogP contribution in [0.2, 0.25) is 0 Å². The fraction of sp³-hybridized carbons (Fsp3) is 0.643. The van der Waals surface area contributed by atoms with Gasteiger partial charge in [-0.2, -0.15) is 0 Å². The maximum absolute atomic E-state index is 13.3. The number of aromatic nitrogens is 1. The molecule has 0 spiro atoms. The average molecular weight is 269 g/mol. The third-order valence-corrected chi connectivity index (χ3v) is 2.86. The molecule has 1 heterocycles. The van der Waals surface area contributed by atoms with E-state index in [1.807, 2.05) is 11.9 Å². The fourth-order valence-electron chi connectivity index (χ4n) is 1.90. The van der Waals surface area contributed by atoms with E-state index in [0.29, 0.717) is 6.54 Å². The van der Waals surface area contributed by atoms with E-state index >= 15 is 0 Å². The Morgan fingerprint density at radius 3 is 2.95 bits per heavy atom. The molecule has 0 saturated heterocycles. The Hall–Kier alpha value is -1.20. The zero-order valence-electron chi connectivity index (χ0n) is 12.1. The van der Waals surface area contributed by atoms with Crippen molar-refractivity contribution < 1.29 is 9.13 Å². The number of rotatable bonds is 9. The van der Waals surface area contributed by atoms with Crippen LogP contribution < -0.4 is 10.2 Å². The van der Waals surface area contributed by atoms with Crippen LogP contribution in [0.1, 0.15) is 25.3 Å². The number of pyridine rings is 1. The lowest BCUT2D eigenvalue weighted by atomic mass is 10.2. The minimum atomic E-state index is -0.290. The quantitative estimate of drug-likeness (QED) is 0.697. The highest BCUT2D eigenvalue weighted by Gasteiger charge is 2.10. The molecule has 0 atom stereocenters. The third kappa shape index (κ3) is 5.53. The summed E-state index contributed by atoms with van der Waals surface area (Å²) in [5, 5.41) is 3.28. The molecule has 0 amide bonds. The Balaban J connectivity index is 2.68. The number of methoxy groups -OCH3 is 1. The molecule has 1 aromatic heterocycles. The van der Waals surface area contributed by atoms with Gasteiger partial charge in [-0.1, -0.05) is 6.92 Å². The van der Waals surface area contributed by atoms with Crippen LogP contribution in [0.3, 0.4) is 0 Å². The van der Waals surface area contributed by atoms with Crippen molar-refractivity contribution in [3.8, 4) is 0 Å². The molecule has 0 radical (unpaired) electrons. The Kier molecular flexibility index (Phi) is 7.36. The first-order valence-corrected chi connectivity index (χ1v) is 6.74. The standard InChI is InChI=1S/C14H24FN3O/c1-4-6-16-10-12-9-13(15)11-17-14(12)18(2)7-5-8-19-3/h9,11,16H,4-8,10H2,1-3H3. The first-order valence-electron chi connectivity index (χ1n) is 6.74. The van der Waals surface area contributed by atoms with E-state index in [1.165, 1.54) is 6.20 Å². The van der Waals surface area contributed by atoms with E-state index in [4.69, 9.17) is 4.74 Å². The topological polar surface area (TPSA) is 37.4 Å². The lowest BCUT2D eigenvalue weighted by Crippen LogP contribution is -2.24. The van der Waals surface area contributed by atoms with E-state index in [2.05, 4.69) is 17.2 Å². The van der Waals surface area contributed by atoms with Crippen molar-refractivity contribution in [2.75, 3.05) is 38.8 Å². The van der Waals surface area contributed by atoms with Crippen molar-refractivity contribution in [3.05, 3.63) is 23.6 Å². The van der Waals surface area contributed by atoms with Crippen LogP contribution in [0.5, 0.6) is 0 Å². The zero-order valence-corrected chi connectivity index (χ0v) is 12.1. The Bertz CT molecular complexity index is 374. The number of nitrogens with one attached hydrogen (secondary N) is 1. The van der Waals surface area contributed by atoms with Crippen LogP contribution in [0.25, 0.3) is 0 Å². The minimum Gasteiger partial charge on any atom is -0.385 e. The van der Waals surface area contributed by atoms with Crippen molar-refractivity contribution >= 4 is 5.82 Å². The van der Waals surface area contributed by atoms with Gasteiger partial charge in [0, 0.05) is 39.4 Å². The molecule has 0 unspecified atom stereocenters. The van der Waals surface area contributed by atoms with E-state index < -0.39 is 0 Å². The second-order valence-corrected chi connectivity index (χ2v) is 4.58. The summed E-state index contributed by atoms with van der Waals surface area (Å²) in [5.74, 6) is 0.545. The Morgan fingerprint density at radius 2 is 2.26 bits per heavy atom. The second-order valence-electron chi connectivity index (χ2n) is 4.58. The van der Waals surface area contributed by atoms with Crippen LogP contribution in [0.15, 0.2) is 12.3 Å². The van der Waals surface area contributed by atoms with Crippen LogP contribution in [0, 0.1) is 5.82 Å². The van der Waals surface area contributed by atoms with Gasteiger partial charge in [0.1, 0.15) is 11.6 Å². The molecular weight excluding hydrogens is 245 g/mol. The van der Waals surface area contributed by atoms with Gasteiger partial charge in [0.2, 0.25) is 0 Å². The van der Waals surface area contributed by atoms with Crippen molar-refractivity contribution in [1.82, 2.24) is 10.3 Å². The van der Waals surface area contributed by atoms with E-state index in [0.717, 1.165) is 43.9 Å². The SMILES string of the molecule is CCCNCc1cc(F)cnc1N(C)CCCOC. The highest BCUT2D eigenvalue weighted by Crippen LogP contribution is 2.17. The first kappa shape index (κ1) is 15.9. The molecule has 0 aliphatic heterocycles. The van der Waals surface area contributed by atoms with Gasteiger partial charge in [0.25, 0.3) is 0 Å². The maximum atomic E-state index is 13.3. The molecule has 0 aromatic carbocycles. The molecule has 1 rings (SSSR count). The predicted octanol–water partition coefficient (Wildman–Crippen LogP) is 2.19. The van der Waals surface area contributed by atoms with Crippen LogP contribution in [0.4, 0.5) is 10.2 Å². The lowest BCUT2D eigenvalue weighted by Gasteiger charge is -2.21. The zero-order chi connectivity index (χ0) is 14.1. The molecule has 0 bridgehead atoms. The summed E-state index contributed by atoms with van der Waals surface area (Å²) in [6.45, 7) is 5.22. The largest absolute Gasteiger partial charge is 0.385 e. The van der Waals surface area contributed by atoms with E-state index in [1.54, 1.807) is 13.2 Å². The van der Waals surface area contributed by atoms with Gasteiger partial charge >= 0.3 is 0 Å². The van der Waals surface area contributed by atoms with Gasteiger partial charge in [-0.25, -0.2) is 9.37 Å². The Labute approximate surface area is 115 Å². The monoisotopic (exact) mass is 269 g/mol. The second kappa shape index (κ2) is 8.82. The molecule has 0 fully saturated rings. The van der Waals surface area contributed by atoms with Crippen molar-refractivity contribution in [3.63, 3.8) is 0 Å². The van der Waals surface area contributed by atoms with Gasteiger partial charge in [-0.05, 0) is 25.5 Å². The molecule has 4 nitrogen and oxygen atoms in total. The fourth-order valence-corrected chi connectivity index (χ4v) is 1.90. The van der Waals surface area contributed by atoms with Crippen molar-refractivity contribution in [1.29, 1.82) is 0 Å². The minimum absolute atomic E-state index is 0.290. The summed E-state index contributed by atoms with van der Waals surface area (Å²) in [6.07, 6.45) is 3.25. The molecule has 1 aromatic rings. The van der Waals surface area contributed by atoms with Gasteiger partial charge < -0.3 is 15.0 Å². The number of anilines is 1. The van der Waals surface area contributed by atoms with Crippen LogP contribution >= 0.6 is 0 Å². The number of hydrogen-bond acceptors (Lipinski definition) is 4.